The average molecular weight is 364 g/mol. The molecule has 1 N–H and O–H groups in total. The number of nitrogens with zero attached hydrogens (tertiary/aromatic N) is 3. The van der Waals surface area contributed by atoms with Crippen LogP contribution in [0.2, 0.25) is 0 Å². The summed E-state index contributed by atoms with van der Waals surface area (Å²) in [5.41, 5.74) is 0.351. The smallest absolute Gasteiger partial charge is 0.263 e. The summed E-state index contributed by atoms with van der Waals surface area (Å²) in [6.07, 6.45) is 0. The summed E-state index contributed by atoms with van der Waals surface area (Å²) in [6.45, 7) is 4.53. The summed E-state index contributed by atoms with van der Waals surface area (Å²) in [5.74, 6) is 0.437. The Morgan fingerprint density at radius 2 is 1.92 bits per heavy atom. The fourth-order valence-corrected chi connectivity index (χ4v) is 3.63. The third kappa shape index (κ3) is 3.99. The van der Waals surface area contributed by atoms with E-state index >= 15 is 0 Å². The van der Waals surface area contributed by atoms with E-state index < -0.39 is 10.0 Å². The van der Waals surface area contributed by atoms with Gasteiger partial charge in [-0.1, -0.05) is 11.2 Å². The van der Waals surface area contributed by atoms with Crippen molar-refractivity contribution < 1.29 is 17.7 Å². The number of carbonyl (C=O) groups is 1. The van der Waals surface area contributed by atoms with Crippen molar-refractivity contribution in [2.45, 2.75) is 11.8 Å². The molecule has 1 fully saturated rings. The molecule has 0 saturated carbocycles. The normalized spacial score (nSPS) is 16.0. The van der Waals surface area contributed by atoms with Gasteiger partial charge in [0.25, 0.3) is 15.9 Å². The van der Waals surface area contributed by atoms with Crippen LogP contribution in [0, 0.1) is 6.92 Å². The number of aryl methyl sites for hydroxylation is 1. The monoisotopic (exact) mass is 364 g/mol. The Balaban J connectivity index is 1.79. The Kier molecular flexibility index (Phi) is 4.78. The number of hydrogen-bond donors (Lipinski definition) is 1. The average Bonchev–Trinajstić information content (AvgIpc) is 2.99. The second-order valence-corrected chi connectivity index (χ2v) is 7.73. The van der Waals surface area contributed by atoms with Crippen molar-refractivity contribution in [2.75, 3.05) is 37.9 Å². The fraction of sp³-hybridized carbons (Fsp3) is 0.375. The summed E-state index contributed by atoms with van der Waals surface area (Å²) in [4.78, 5) is 16.5. The zero-order valence-corrected chi connectivity index (χ0v) is 14.9. The number of benzene rings is 1. The van der Waals surface area contributed by atoms with E-state index in [2.05, 4.69) is 14.8 Å². The van der Waals surface area contributed by atoms with Gasteiger partial charge in [0.2, 0.25) is 0 Å². The van der Waals surface area contributed by atoms with Gasteiger partial charge in [0.15, 0.2) is 5.82 Å². The molecule has 0 radical (unpaired) electrons. The molecule has 9 heteroatoms. The minimum Gasteiger partial charge on any atom is -0.360 e. The van der Waals surface area contributed by atoms with Crippen molar-refractivity contribution in [1.29, 1.82) is 0 Å². The van der Waals surface area contributed by atoms with E-state index in [-0.39, 0.29) is 16.6 Å². The van der Waals surface area contributed by atoms with Crippen molar-refractivity contribution in [3.63, 3.8) is 0 Å². The summed E-state index contributed by atoms with van der Waals surface area (Å²) >= 11 is 0. The van der Waals surface area contributed by atoms with Crippen LogP contribution >= 0.6 is 0 Å². The molecule has 3 rings (SSSR count). The van der Waals surface area contributed by atoms with Gasteiger partial charge in [0.05, 0.1) is 4.90 Å². The molecule has 1 aromatic carbocycles. The Labute approximate surface area is 146 Å². The first-order chi connectivity index (χ1) is 11.8. The molecule has 8 nitrogen and oxygen atoms in total. The van der Waals surface area contributed by atoms with Crippen molar-refractivity contribution in [2.24, 2.45) is 0 Å². The molecular weight excluding hydrogens is 344 g/mol. The maximum atomic E-state index is 12.6. The van der Waals surface area contributed by atoms with Gasteiger partial charge in [-0.3, -0.25) is 9.52 Å². The van der Waals surface area contributed by atoms with Crippen molar-refractivity contribution >= 4 is 21.7 Å². The van der Waals surface area contributed by atoms with Crippen LogP contribution < -0.4 is 4.72 Å². The number of sulfonamides is 1. The van der Waals surface area contributed by atoms with Crippen LogP contribution in [0.3, 0.4) is 0 Å². The van der Waals surface area contributed by atoms with E-state index in [0.717, 1.165) is 13.1 Å². The van der Waals surface area contributed by atoms with Crippen LogP contribution in [0.4, 0.5) is 5.82 Å². The largest absolute Gasteiger partial charge is 0.360 e. The van der Waals surface area contributed by atoms with Gasteiger partial charge in [0, 0.05) is 37.8 Å². The Morgan fingerprint density at radius 3 is 2.56 bits per heavy atom. The molecule has 1 aliphatic rings. The number of hydrogen-bond acceptors (Lipinski definition) is 6. The van der Waals surface area contributed by atoms with E-state index in [0.29, 0.717) is 24.4 Å². The van der Waals surface area contributed by atoms with Crippen LogP contribution in [-0.4, -0.2) is 62.5 Å². The van der Waals surface area contributed by atoms with Gasteiger partial charge in [-0.15, -0.1) is 0 Å². The predicted octanol–water partition coefficient (Wildman–Crippen LogP) is 1.17. The van der Waals surface area contributed by atoms with Crippen LogP contribution in [0.1, 0.15) is 16.1 Å². The Morgan fingerprint density at radius 1 is 1.20 bits per heavy atom. The third-order valence-electron chi connectivity index (χ3n) is 4.05. The molecule has 1 aliphatic heterocycles. The van der Waals surface area contributed by atoms with E-state index in [1.807, 2.05) is 7.05 Å². The molecule has 25 heavy (non-hydrogen) atoms. The van der Waals surface area contributed by atoms with Crippen LogP contribution in [0.5, 0.6) is 0 Å². The molecule has 134 valence electrons. The number of amides is 1. The Bertz CT molecular complexity index is 870. The SMILES string of the molecule is Cc1cc(NS(=O)(=O)c2cccc(C(=O)N3CCN(C)CC3)c2)no1. The van der Waals surface area contributed by atoms with E-state index in [4.69, 9.17) is 4.52 Å². The lowest BCUT2D eigenvalue weighted by Crippen LogP contribution is -2.47. The first kappa shape index (κ1) is 17.4. The van der Waals surface area contributed by atoms with Gasteiger partial charge in [-0.2, -0.15) is 0 Å². The summed E-state index contributed by atoms with van der Waals surface area (Å²) in [5, 5.41) is 3.62. The topological polar surface area (TPSA) is 95.8 Å². The number of aromatic nitrogens is 1. The minimum absolute atomic E-state index is 0.00753. The predicted molar refractivity (Wildman–Crippen MR) is 91.9 cm³/mol. The van der Waals surface area contributed by atoms with Gasteiger partial charge < -0.3 is 14.3 Å². The number of carbonyl (C=O) groups excluding carboxylic acids is 1. The second-order valence-electron chi connectivity index (χ2n) is 6.05. The number of piperazine rings is 1. The van der Waals surface area contributed by atoms with Crippen LogP contribution in [-0.2, 0) is 10.0 Å². The van der Waals surface area contributed by atoms with E-state index in [1.54, 1.807) is 24.0 Å². The molecule has 2 aromatic rings. The van der Waals surface area contributed by atoms with Crippen molar-refractivity contribution in [3.05, 3.63) is 41.7 Å². The Hall–Kier alpha value is -2.39. The molecule has 1 amide bonds. The minimum atomic E-state index is -3.85. The number of anilines is 1. The highest BCUT2D eigenvalue weighted by molar-refractivity contribution is 7.92. The molecule has 0 unspecified atom stereocenters. The molecule has 1 saturated heterocycles. The highest BCUT2D eigenvalue weighted by Crippen LogP contribution is 2.18. The zero-order chi connectivity index (χ0) is 18.0. The lowest BCUT2D eigenvalue weighted by atomic mass is 10.2. The number of rotatable bonds is 4. The lowest BCUT2D eigenvalue weighted by Gasteiger charge is -2.32. The second kappa shape index (κ2) is 6.85. The summed E-state index contributed by atoms with van der Waals surface area (Å²) in [6, 6.07) is 7.49. The standard InChI is InChI=1S/C16H20N4O4S/c1-12-10-15(17-24-12)18-25(22,23)14-5-3-4-13(11-14)16(21)20-8-6-19(2)7-9-20/h3-5,10-11H,6-9H2,1-2H3,(H,17,18). The molecule has 0 spiro atoms. The molecule has 0 bridgehead atoms. The molecule has 1 aromatic heterocycles. The highest BCUT2D eigenvalue weighted by atomic mass is 32.2. The third-order valence-corrected chi connectivity index (χ3v) is 5.40. The van der Waals surface area contributed by atoms with Gasteiger partial charge >= 0.3 is 0 Å². The maximum Gasteiger partial charge on any atom is 0.263 e. The van der Waals surface area contributed by atoms with E-state index in [9.17, 15) is 13.2 Å². The molecule has 2 heterocycles. The van der Waals surface area contributed by atoms with Crippen LogP contribution in [0.25, 0.3) is 0 Å². The van der Waals surface area contributed by atoms with Crippen molar-refractivity contribution in [3.8, 4) is 0 Å². The highest BCUT2D eigenvalue weighted by Gasteiger charge is 2.23. The fourth-order valence-electron chi connectivity index (χ4n) is 2.60. The van der Waals surface area contributed by atoms with Gasteiger partial charge in [-0.05, 0) is 32.2 Å². The first-order valence-electron chi connectivity index (χ1n) is 7.89. The van der Waals surface area contributed by atoms with E-state index in [1.165, 1.54) is 18.2 Å². The van der Waals surface area contributed by atoms with Crippen LogP contribution in [0.15, 0.2) is 39.8 Å². The zero-order valence-electron chi connectivity index (χ0n) is 14.1. The number of nitrogens with one attached hydrogen (secondary N) is 1. The maximum absolute atomic E-state index is 12.6. The van der Waals surface area contributed by atoms with Crippen molar-refractivity contribution in [1.82, 2.24) is 15.0 Å². The number of likely N-dealkylation sites (N-methyl/N-ethyl adjacent to an activating group) is 1. The first-order valence-corrected chi connectivity index (χ1v) is 9.37. The summed E-state index contributed by atoms with van der Waals surface area (Å²) < 4.78 is 32.2. The molecule has 0 atom stereocenters. The summed E-state index contributed by atoms with van der Waals surface area (Å²) in [7, 11) is -1.84. The molecule has 0 aliphatic carbocycles. The van der Waals surface area contributed by atoms with Gasteiger partial charge in [-0.25, -0.2) is 8.42 Å². The van der Waals surface area contributed by atoms with Gasteiger partial charge in [0.1, 0.15) is 5.76 Å². The quantitative estimate of drug-likeness (QED) is 0.875. The lowest BCUT2D eigenvalue weighted by molar-refractivity contribution is 0.0664. The molecular formula is C16H20N4O4S.